The summed E-state index contributed by atoms with van der Waals surface area (Å²) in [6, 6.07) is 20.2. The average molecular weight is 480 g/mol. The minimum atomic E-state index is -1.43. The van der Waals surface area contributed by atoms with Crippen LogP contribution in [-0.4, -0.2) is 28.7 Å². The molecule has 3 N–H and O–H groups in total. The lowest BCUT2D eigenvalue weighted by atomic mass is 9.76. The van der Waals surface area contributed by atoms with E-state index >= 15 is 0 Å². The summed E-state index contributed by atoms with van der Waals surface area (Å²) < 4.78 is 14.8. The number of aromatic nitrogens is 1. The fraction of sp³-hybridized carbons (Fsp3) is 0.179. The highest BCUT2D eigenvalue weighted by molar-refractivity contribution is 6.25. The number of nitrogens with zero attached hydrogens (tertiary/aromatic N) is 1. The van der Waals surface area contributed by atoms with Crippen molar-refractivity contribution in [2.24, 2.45) is 11.8 Å². The SMILES string of the molecule is O=C1C2C(Cc3c[nH]c4ccccc34)NC3(C(=O)Nc4ccccc43)C2C(=O)N1c1ccccc1F. The van der Waals surface area contributed by atoms with Gasteiger partial charge in [-0.25, -0.2) is 9.29 Å². The van der Waals surface area contributed by atoms with Crippen molar-refractivity contribution in [1.29, 1.82) is 0 Å². The normalized spacial score (nSPS) is 26.6. The number of nitrogens with one attached hydrogen (secondary N) is 3. The number of carbonyl (C=O) groups is 3. The fourth-order valence-electron chi connectivity index (χ4n) is 6.34. The first kappa shape index (κ1) is 21.0. The van der Waals surface area contributed by atoms with Gasteiger partial charge >= 0.3 is 0 Å². The van der Waals surface area contributed by atoms with Crippen molar-refractivity contribution in [3.05, 3.63) is 95.9 Å². The van der Waals surface area contributed by atoms with Crippen molar-refractivity contribution in [3.63, 3.8) is 0 Å². The van der Waals surface area contributed by atoms with Gasteiger partial charge in [-0.15, -0.1) is 0 Å². The third kappa shape index (κ3) is 2.62. The molecular weight excluding hydrogens is 459 g/mol. The van der Waals surface area contributed by atoms with Gasteiger partial charge in [-0.05, 0) is 36.2 Å². The lowest BCUT2D eigenvalue weighted by Crippen LogP contribution is -2.53. The van der Waals surface area contributed by atoms with Crippen LogP contribution in [0.5, 0.6) is 0 Å². The molecule has 4 atom stereocenters. The van der Waals surface area contributed by atoms with Crippen LogP contribution in [0.15, 0.2) is 79.0 Å². The highest BCUT2D eigenvalue weighted by Crippen LogP contribution is 2.54. The maximum atomic E-state index is 14.8. The molecule has 0 aliphatic carbocycles. The summed E-state index contributed by atoms with van der Waals surface area (Å²) in [4.78, 5) is 45.6. The van der Waals surface area contributed by atoms with Gasteiger partial charge in [0.2, 0.25) is 17.7 Å². The number of para-hydroxylation sites is 3. The number of fused-ring (bicyclic) bond motifs is 5. The van der Waals surface area contributed by atoms with Crippen molar-refractivity contribution < 1.29 is 18.8 Å². The molecule has 1 aromatic heterocycles. The molecule has 3 aromatic carbocycles. The quantitative estimate of drug-likeness (QED) is 0.392. The second kappa shape index (κ2) is 7.35. The Bertz CT molecular complexity index is 1600. The van der Waals surface area contributed by atoms with Gasteiger partial charge in [-0.2, -0.15) is 0 Å². The molecule has 4 unspecified atom stereocenters. The zero-order valence-corrected chi connectivity index (χ0v) is 19.0. The Kier molecular flexibility index (Phi) is 4.29. The summed E-state index contributed by atoms with van der Waals surface area (Å²) in [5.41, 5.74) is 1.64. The van der Waals surface area contributed by atoms with Gasteiger partial charge in [-0.1, -0.05) is 48.5 Å². The molecule has 3 aliphatic rings. The molecule has 36 heavy (non-hydrogen) atoms. The van der Waals surface area contributed by atoms with Gasteiger partial charge in [0.05, 0.1) is 17.5 Å². The van der Waals surface area contributed by atoms with Gasteiger partial charge in [0.25, 0.3) is 0 Å². The van der Waals surface area contributed by atoms with Crippen molar-refractivity contribution in [1.82, 2.24) is 10.3 Å². The van der Waals surface area contributed by atoms with Gasteiger partial charge < -0.3 is 10.3 Å². The molecule has 3 aliphatic heterocycles. The van der Waals surface area contributed by atoms with E-state index in [1.807, 2.05) is 30.5 Å². The van der Waals surface area contributed by atoms with E-state index in [9.17, 15) is 18.8 Å². The van der Waals surface area contributed by atoms with Crippen LogP contribution in [0.25, 0.3) is 10.9 Å². The number of hydrogen-bond donors (Lipinski definition) is 3. The van der Waals surface area contributed by atoms with E-state index in [1.54, 1.807) is 30.3 Å². The first-order chi connectivity index (χ1) is 17.5. The number of rotatable bonds is 3. The van der Waals surface area contributed by atoms with Crippen LogP contribution in [0.1, 0.15) is 11.1 Å². The topological polar surface area (TPSA) is 94.3 Å². The Morgan fingerprint density at radius 2 is 1.64 bits per heavy atom. The fourth-order valence-corrected chi connectivity index (χ4v) is 6.34. The molecule has 0 radical (unpaired) electrons. The van der Waals surface area contributed by atoms with Crippen molar-refractivity contribution in [2.75, 3.05) is 10.2 Å². The minimum Gasteiger partial charge on any atom is -0.361 e. The number of aromatic amines is 1. The van der Waals surface area contributed by atoms with Crippen LogP contribution in [0.2, 0.25) is 0 Å². The number of carbonyl (C=O) groups excluding carboxylic acids is 3. The van der Waals surface area contributed by atoms with Crippen LogP contribution in [0, 0.1) is 17.7 Å². The van der Waals surface area contributed by atoms with E-state index < -0.39 is 41.0 Å². The Hall–Kier alpha value is -4.30. The number of amides is 3. The monoisotopic (exact) mass is 480 g/mol. The molecule has 178 valence electrons. The lowest BCUT2D eigenvalue weighted by Gasteiger charge is -2.29. The van der Waals surface area contributed by atoms with Crippen molar-refractivity contribution in [3.8, 4) is 0 Å². The Labute approximate surface area is 205 Å². The molecular formula is C28H21FN4O3. The Morgan fingerprint density at radius 1 is 0.889 bits per heavy atom. The molecule has 1 spiro atoms. The first-order valence-corrected chi connectivity index (χ1v) is 11.9. The second-order valence-corrected chi connectivity index (χ2v) is 9.59. The maximum absolute atomic E-state index is 14.8. The highest BCUT2D eigenvalue weighted by atomic mass is 19.1. The predicted octanol–water partition coefficient (Wildman–Crippen LogP) is 3.47. The van der Waals surface area contributed by atoms with Gasteiger partial charge in [0, 0.05) is 34.4 Å². The minimum absolute atomic E-state index is 0.0883. The van der Waals surface area contributed by atoms with E-state index in [1.165, 1.54) is 18.2 Å². The highest BCUT2D eigenvalue weighted by Gasteiger charge is 2.70. The number of H-pyrrole nitrogens is 1. The summed E-state index contributed by atoms with van der Waals surface area (Å²) in [5, 5.41) is 7.34. The number of benzene rings is 3. The molecule has 4 aromatic rings. The second-order valence-electron chi connectivity index (χ2n) is 9.59. The Balaban J connectivity index is 1.39. The first-order valence-electron chi connectivity index (χ1n) is 11.9. The number of imide groups is 1. The molecule has 0 saturated carbocycles. The summed E-state index contributed by atoms with van der Waals surface area (Å²) >= 11 is 0. The van der Waals surface area contributed by atoms with Crippen LogP contribution in [-0.2, 0) is 26.3 Å². The van der Waals surface area contributed by atoms with Gasteiger partial charge in [0.15, 0.2) is 0 Å². The smallest absolute Gasteiger partial charge is 0.250 e. The van der Waals surface area contributed by atoms with E-state index in [2.05, 4.69) is 15.6 Å². The predicted molar refractivity (Wildman–Crippen MR) is 132 cm³/mol. The van der Waals surface area contributed by atoms with Gasteiger partial charge in [-0.3, -0.25) is 19.7 Å². The molecule has 4 heterocycles. The van der Waals surface area contributed by atoms with Crippen molar-refractivity contribution in [2.45, 2.75) is 18.0 Å². The molecule has 3 amide bonds. The zero-order chi connectivity index (χ0) is 24.6. The molecule has 7 nitrogen and oxygen atoms in total. The zero-order valence-electron chi connectivity index (χ0n) is 19.0. The summed E-state index contributed by atoms with van der Waals surface area (Å²) in [6.45, 7) is 0. The summed E-state index contributed by atoms with van der Waals surface area (Å²) in [5.74, 6) is -3.97. The van der Waals surface area contributed by atoms with Crippen molar-refractivity contribution >= 4 is 40.0 Å². The van der Waals surface area contributed by atoms with Crippen LogP contribution in [0.3, 0.4) is 0 Å². The number of halogens is 1. The summed E-state index contributed by atoms with van der Waals surface area (Å²) in [7, 11) is 0. The number of anilines is 2. The third-order valence-electron chi connectivity index (χ3n) is 7.83. The van der Waals surface area contributed by atoms with Crippen LogP contribution < -0.4 is 15.5 Å². The lowest BCUT2D eigenvalue weighted by molar-refractivity contribution is -0.130. The molecule has 7 rings (SSSR count). The van der Waals surface area contributed by atoms with Gasteiger partial charge in [0.1, 0.15) is 11.4 Å². The largest absolute Gasteiger partial charge is 0.361 e. The van der Waals surface area contributed by atoms with E-state index in [0.717, 1.165) is 21.4 Å². The Morgan fingerprint density at radius 3 is 2.50 bits per heavy atom. The average Bonchev–Trinajstić information content (AvgIpc) is 3.59. The number of hydrogen-bond acceptors (Lipinski definition) is 4. The standard InChI is InChI=1S/C28H21FN4O3/c29-18-9-3-6-12-22(18)33-25(34)23-21(13-15-14-30-19-10-4-1-7-16(15)19)32-28(24(23)26(33)35)17-8-2-5-11-20(17)31-27(28)36/h1-12,14,21,23-24,30,32H,13H2,(H,31,36). The molecule has 8 heteroatoms. The van der Waals surface area contributed by atoms with E-state index in [4.69, 9.17) is 0 Å². The van der Waals surface area contributed by atoms with E-state index in [-0.39, 0.29) is 11.6 Å². The molecule has 2 fully saturated rings. The van der Waals surface area contributed by atoms with Crippen LogP contribution >= 0.6 is 0 Å². The third-order valence-corrected chi connectivity index (χ3v) is 7.83. The molecule has 2 saturated heterocycles. The van der Waals surface area contributed by atoms with Crippen LogP contribution in [0.4, 0.5) is 15.8 Å². The summed E-state index contributed by atoms with van der Waals surface area (Å²) in [6.07, 6.45) is 2.30. The van der Waals surface area contributed by atoms with E-state index in [0.29, 0.717) is 17.7 Å². The maximum Gasteiger partial charge on any atom is 0.250 e. The molecule has 0 bridgehead atoms.